The van der Waals surface area contributed by atoms with E-state index >= 15 is 0 Å². The Hall–Kier alpha value is -2.37. The van der Waals surface area contributed by atoms with Crippen molar-refractivity contribution in [2.75, 3.05) is 7.11 Å². The number of Topliss-reactive ketones (excluding diaryl/α,β-unsaturated/α-hetero) is 1. The Labute approximate surface area is 121 Å². The molecule has 2 unspecified atom stereocenters. The Morgan fingerprint density at radius 2 is 1.81 bits per heavy atom. The molecule has 0 spiro atoms. The number of hydrogen-bond donors (Lipinski definition) is 2. The van der Waals surface area contributed by atoms with E-state index in [0.717, 1.165) is 0 Å². The summed E-state index contributed by atoms with van der Waals surface area (Å²) in [7, 11) is 1.52. The van der Waals surface area contributed by atoms with Crippen LogP contribution in [-0.2, 0) is 10.6 Å². The maximum atomic E-state index is 12.3. The first-order valence-corrected chi connectivity index (χ1v) is 6.43. The normalized spacial score (nSPS) is 24.1. The second-order valence-electron chi connectivity index (χ2n) is 4.78. The quantitative estimate of drug-likeness (QED) is 0.875. The number of ether oxygens (including phenoxy) is 2. The SMILES string of the molecule is COc1ccc(C2(O)Oc3ccccc3C(O)C2=O)cc1. The van der Waals surface area contributed by atoms with Crippen molar-refractivity contribution < 1.29 is 24.5 Å². The summed E-state index contributed by atoms with van der Waals surface area (Å²) in [6, 6.07) is 12.8. The predicted octanol–water partition coefficient (Wildman–Crippen LogP) is 1.54. The summed E-state index contributed by atoms with van der Waals surface area (Å²) in [6.45, 7) is 0. The maximum absolute atomic E-state index is 12.3. The first kappa shape index (κ1) is 13.6. The summed E-state index contributed by atoms with van der Waals surface area (Å²) < 4.78 is 10.5. The number of para-hydroxylation sites is 1. The fourth-order valence-electron chi connectivity index (χ4n) is 2.35. The number of rotatable bonds is 2. The van der Waals surface area contributed by atoms with Gasteiger partial charge in [0.05, 0.1) is 7.11 Å². The standard InChI is InChI=1S/C16H14O5/c1-20-11-8-6-10(7-9-11)16(19)15(18)14(17)12-4-2-3-5-13(12)21-16/h2-9,14,17,19H,1H3. The van der Waals surface area contributed by atoms with Crippen LogP contribution in [0.2, 0.25) is 0 Å². The van der Waals surface area contributed by atoms with E-state index in [1.807, 2.05) is 0 Å². The molecule has 0 saturated carbocycles. The molecule has 5 heteroatoms. The molecule has 21 heavy (non-hydrogen) atoms. The van der Waals surface area contributed by atoms with Crippen molar-refractivity contribution in [2.24, 2.45) is 0 Å². The third-order valence-electron chi connectivity index (χ3n) is 3.53. The van der Waals surface area contributed by atoms with Crippen LogP contribution in [0.3, 0.4) is 0 Å². The number of ketones is 1. The molecule has 0 amide bonds. The van der Waals surface area contributed by atoms with Gasteiger partial charge in [-0.3, -0.25) is 4.79 Å². The minimum atomic E-state index is -2.21. The molecule has 2 atom stereocenters. The third-order valence-corrected chi connectivity index (χ3v) is 3.53. The molecule has 0 aliphatic carbocycles. The molecule has 2 aromatic carbocycles. The average Bonchev–Trinajstić information content (AvgIpc) is 2.53. The second-order valence-corrected chi connectivity index (χ2v) is 4.78. The smallest absolute Gasteiger partial charge is 0.298 e. The van der Waals surface area contributed by atoms with E-state index in [9.17, 15) is 15.0 Å². The van der Waals surface area contributed by atoms with Crippen molar-refractivity contribution in [1.29, 1.82) is 0 Å². The van der Waals surface area contributed by atoms with Gasteiger partial charge in [-0.15, -0.1) is 0 Å². The van der Waals surface area contributed by atoms with Crippen LogP contribution in [0.4, 0.5) is 0 Å². The summed E-state index contributed by atoms with van der Waals surface area (Å²) in [5, 5.41) is 20.7. The second kappa shape index (κ2) is 4.87. The molecule has 2 N–H and O–H groups in total. The zero-order valence-corrected chi connectivity index (χ0v) is 11.3. The molecule has 0 saturated heterocycles. The fourth-order valence-corrected chi connectivity index (χ4v) is 2.35. The first-order valence-electron chi connectivity index (χ1n) is 6.43. The maximum Gasteiger partial charge on any atom is 0.298 e. The van der Waals surface area contributed by atoms with Gasteiger partial charge in [0, 0.05) is 11.1 Å². The largest absolute Gasteiger partial charge is 0.497 e. The number of aliphatic hydroxyl groups is 2. The lowest BCUT2D eigenvalue weighted by Gasteiger charge is -2.35. The van der Waals surface area contributed by atoms with E-state index in [0.29, 0.717) is 11.3 Å². The highest BCUT2D eigenvalue weighted by Crippen LogP contribution is 2.40. The number of benzene rings is 2. The predicted molar refractivity (Wildman–Crippen MR) is 73.9 cm³/mol. The molecule has 0 aromatic heterocycles. The van der Waals surface area contributed by atoms with Gasteiger partial charge < -0.3 is 19.7 Å². The summed E-state index contributed by atoms with van der Waals surface area (Å²) >= 11 is 0. The first-order chi connectivity index (χ1) is 10.1. The minimum Gasteiger partial charge on any atom is -0.497 e. The Morgan fingerprint density at radius 3 is 2.48 bits per heavy atom. The molecule has 0 bridgehead atoms. The van der Waals surface area contributed by atoms with Gasteiger partial charge in [0.1, 0.15) is 17.6 Å². The lowest BCUT2D eigenvalue weighted by Crippen LogP contribution is -2.47. The van der Waals surface area contributed by atoms with Crippen LogP contribution in [-0.4, -0.2) is 23.1 Å². The van der Waals surface area contributed by atoms with Gasteiger partial charge in [-0.25, -0.2) is 0 Å². The molecule has 5 nitrogen and oxygen atoms in total. The van der Waals surface area contributed by atoms with Crippen LogP contribution < -0.4 is 9.47 Å². The van der Waals surface area contributed by atoms with E-state index in [2.05, 4.69) is 0 Å². The summed E-state index contributed by atoms with van der Waals surface area (Å²) in [5.74, 6) is -2.15. The lowest BCUT2D eigenvalue weighted by atomic mass is 9.91. The monoisotopic (exact) mass is 286 g/mol. The van der Waals surface area contributed by atoms with Gasteiger partial charge >= 0.3 is 0 Å². The Morgan fingerprint density at radius 1 is 1.14 bits per heavy atom. The van der Waals surface area contributed by atoms with Crippen molar-refractivity contribution >= 4 is 5.78 Å². The van der Waals surface area contributed by atoms with Crippen LogP contribution in [0.15, 0.2) is 48.5 Å². The third kappa shape index (κ3) is 2.07. The summed E-state index contributed by atoms with van der Waals surface area (Å²) in [6.07, 6.45) is -1.43. The molecule has 0 fully saturated rings. The number of methoxy groups -OCH3 is 1. The molecular formula is C16H14O5. The number of aliphatic hydroxyl groups excluding tert-OH is 1. The highest BCUT2D eigenvalue weighted by molar-refractivity contribution is 5.93. The van der Waals surface area contributed by atoms with Gasteiger partial charge in [-0.1, -0.05) is 18.2 Å². The highest BCUT2D eigenvalue weighted by Gasteiger charge is 2.49. The topological polar surface area (TPSA) is 76.0 Å². The van der Waals surface area contributed by atoms with E-state index in [-0.39, 0.29) is 11.3 Å². The fraction of sp³-hybridized carbons (Fsp3) is 0.188. The molecule has 2 aromatic rings. The van der Waals surface area contributed by atoms with Crippen molar-refractivity contribution in [1.82, 2.24) is 0 Å². The number of carbonyl (C=O) groups is 1. The van der Waals surface area contributed by atoms with Crippen molar-refractivity contribution in [3.63, 3.8) is 0 Å². The number of carbonyl (C=O) groups excluding carboxylic acids is 1. The Kier molecular flexibility index (Phi) is 3.16. The van der Waals surface area contributed by atoms with Crippen LogP contribution in [0, 0.1) is 0 Å². The van der Waals surface area contributed by atoms with Crippen molar-refractivity contribution in [3.05, 3.63) is 59.7 Å². The van der Waals surface area contributed by atoms with E-state index < -0.39 is 17.7 Å². The van der Waals surface area contributed by atoms with Crippen LogP contribution in [0.25, 0.3) is 0 Å². The van der Waals surface area contributed by atoms with E-state index in [1.165, 1.54) is 19.2 Å². The molecule has 1 heterocycles. The minimum absolute atomic E-state index is 0.238. The van der Waals surface area contributed by atoms with Gasteiger partial charge in [-0.05, 0) is 30.3 Å². The molecule has 1 aliphatic heterocycles. The average molecular weight is 286 g/mol. The molecule has 3 rings (SSSR count). The van der Waals surface area contributed by atoms with Gasteiger partial charge in [0.25, 0.3) is 5.79 Å². The molecule has 108 valence electrons. The summed E-state index contributed by atoms with van der Waals surface area (Å²) in [4.78, 5) is 12.3. The van der Waals surface area contributed by atoms with Crippen LogP contribution >= 0.6 is 0 Å². The zero-order chi connectivity index (χ0) is 15.0. The molecular weight excluding hydrogens is 272 g/mol. The Balaban J connectivity index is 2.06. The number of fused-ring (bicyclic) bond motifs is 1. The highest BCUT2D eigenvalue weighted by atomic mass is 16.6. The van der Waals surface area contributed by atoms with Crippen LogP contribution in [0.5, 0.6) is 11.5 Å². The number of hydrogen-bond acceptors (Lipinski definition) is 5. The molecule has 1 aliphatic rings. The lowest BCUT2D eigenvalue weighted by molar-refractivity contribution is -0.191. The Bertz CT molecular complexity index is 679. The van der Waals surface area contributed by atoms with Crippen molar-refractivity contribution in [3.8, 4) is 11.5 Å². The van der Waals surface area contributed by atoms with Crippen molar-refractivity contribution in [2.45, 2.75) is 11.9 Å². The van der Waals surface area contributed by atoms with Gasteiger partial charge in [-0.2, -0.15) is 0 Å². The van der Waals surface area contributed by atoms with Gasteiger partial charge in [0.2, 0.25) is 5.78 Å². The van der Waals surface area contributed by atoms with Crippen LogP contribution in [0.1, 0.15) is 17.2 Å². The molecule has 0 radical (unpaired) electrons. The van der Waals surface area contributed by atoms with E-state index in [4.69, 9.17) is 9.47 Å². The van der Waals surface area contributed by atoms with E-state index in [1.54, 1.807) is 36.4 Å². The van der Waals surface area contributed by atoms with Gasteiger partial charge in [0.15, 0.2) is 0 Å². The zero-order valence-electron chi connectivity index (χ0n) is 11.3. The summed E-state index contributed by atoms with van der Waals surface area (Å²) in [5.41, 5.74) is 0.586.